The average Bonchev–Trinajstić information content (AvgIpc) is 2.17. The Morgan fingerprint density at radius 3 is 2.80 bits per heavy atom. The van der Waals surface area contributed by atoms with Crippen LogP contribution in [0.2, 0.25) is 0 Å². The van der Waals surface area contributed by atoms with E-state index < -0.39 is 18.1 Å². The third kappa shape index (κ3) is 2.87. The summed E-state index contributed by atoms with van der Waals surface area (Å²) in [6.07, 6.45) is -1.55. The number of carbonyl (C=O) groups excluding carboxylic acids is 1. The summed E-state index contributed by atoms with van der Waals surface area (Å²) in [5.41, 5.74) is 5.20. The Bertz CT molecular complexity index is 369. The molecular weight excluding hydrogens is 206 g/mol. The quantitative estimate of drug-likeness (QED) is 0.774. The van der Waals surface area contributed by atoms with Gasteiger partial charge in [-0.1, -0.05) is 0 Å². The third-order valence-corrected chi connectivity index (χ3v) is 1.79. The first-order valence-electron chi connectivity index (χ1n) is 4.14. The van der Waals surface area contributed by atoms with Gasteiger partial charge in [0, 0.05) is 6.20 Å². The van der Waals surface area contributed by atoms with Crippen molar-refractivity contribution in [1.82, 2.24) is 4.98 Å². The van der Waals surface area contributed by atoms with Crippen molar-refractivity contribution in [3.8, 4) is 0 Å². The number of carbonyl (C=O) groups is 1. The lowest BCUT2D eigenvalue weighted by atomic mass is 10.2. The van der Waals surface area contributed by atoms with Gasteiger partial charge in [0.1, 0.15) is 5.69 Å². The number of hydrogen-bond acceptors (Lipinski definition) is 4. The molecule has 0 radical (unpaired) electrons. The van der Waals surface area contributed by atoms with Gasteiger partial charge in [-0.05, 0) is 11.6 Å². The Labute approximate surface area is 85.1 Å². The zero-order chi connectivity index (χ0) is 11.4. The number of aromatic nitrogens is 1. The molecule has 0 aromatic carbocycles. The van der Waals surface area contributed by atoms with E-state index in [2.05, 4.69) is 9.72 Å². The number of nitrogens with zero attached hydrogens (tertiary/aromatic N) is 1. The number of esters is 1. The Balaban J connectivity index is 2.87. The van der Waals surface area contributed by atoms with Crippen LogP contribution in [-0.2, 0) is 16.0 Å². The molecule has 1 rings (SSSR count). The van der Waals surface area contributed by atoms with Crippen LogP contribution in [0, 0.1) is 0 Å². The molecule has 0 aliphatic heterocycles. The standard InChI is InChI=1S/C9H10F2N2O2/c1-15-7(14)3-5-2-6(12)8(9(10)11)13-4-5/h2,4,9H,3,12H2,1H3. The Morgan fingerprint density at radius 2 is 2.33 bits per heavy atom. The largest absolute Gasteiger partial charge is 0.469 e. The molecule has 82 valence electrons. The predicted octanol–water partition coefficient (Wildman–Crippen LogP) is 1.32. The van der Waals surface area contributed by atoms with Gasteiger partial charge >= 0.3 is 5.97 Å². The van der Waals surface area contributed by atoms with E-state index in [9.17, 15) is 13.6 Å². The Morgan fingerprint density at radius 1 is 1.67 bits per heavy atom. The lowest BCUT2D eigenvalue weighted by Gasteiger charge is -2.05. The average molecular weight is 216 g/mol. The Hall–Kier alpha value is -1.72. The molecule has 4 nitrogen and oxygen atoms in total. The lowest BCUT2D eigenvalue weighted by molar-refractivity contribution is -0.139. The van der Waals surface area contributed by atoms with Crippen LogP contribution in [0.3, 0.4) is 0 Å². The summed E-state index contributed by atoms with van der Waals surface area (Å²) < 4.78 is 28.9. The molecule has 1 heterocycles. The van der Waals surface area contributed by atoms with Gasteiger partial charge in [-0.15, -0.1) is 0 Å². The molecule has 0 saturated heterocycles. The second kappa shape index (κ2) is 4.68. The number of halogens is 2. The van der Waals surface area contributed by atoms with Crippen molar-refractivity contribution in [1.29, 1.82) is 0 Å². The molecule has 0 unspecified atom stereocenters. The number of nitrogens with two attached hydrogens (primary N) is 1. The van der Waals surface area contributed by atoms with Crippen LogP contribution in [0.5, 0.6) is 0 Å². The molecule has 0 spiro atoms. The zero-order valence-corrected chi connectivity index (χ0v) is 8.04. The van der Waals surface area contributed by atoms with Gasteiger partial charge in [0.05, 0.1) is 19.2 Å². The van der Waals surface area contributed by atoms with Crippen LogP contribution in [0.1, 0.15) is 17.7 Å². The molecule has 1 aromatic rings. The normalized spacial score (nSPS) is 10.4. The van der Waals surface area contributed by atoms with E-state index in [1.165, 1.54) is 19.4 Å². The molecule has 0 fully saturated rings. The van der Waals surface area contributed by atoms with Gasteiger partial charge in [0.25, 0.3) is 6.43 Å². The van der Waals surface area contributed by atoms with Crippen LogP contribution >= 0.6 is 0 Å². The van der Waals surface area contributed by atoms with E-state index in [-0.39, 0.29) is 12.1 Å². The van der Waals surface area contributed by atoms with E-state index >= 15 is 0 Å². The van der Waals surface area contributed by atoms with E-state index in [0.29, 0.717) is 5.56 Å². The van der Waals surface area contributed by atoms with Crippen molar-refractivity contribution in [2.24, 2.45) is 0 Å². The summed E-state index contributed by atoms with van der Waals surface area (Å²) in [5, 5.41) is 0. The number of methoxy groups -OCH3 is 1. The molecule has 0 amide bonds. The molecule has 2 N–H and O–H groups in total. The number of pyridine rings is 1. The molecule has 1 aromatic heterocycles. The minimum absolute atomic E-state index is 0.0305. The van der Waals surface area contributed by atoms with Crippen molar-refractivity contribution in [2.45, 2.75) is 12.8 Å². The Kier molecular flexibility index (Phi) is 3.54. The summed E-state index contributed by atoms with van der Waals surface area (Å²) in [4.78, 5) is 14.4. The zero-order valence-electron chi connectivity index (χ0n) is 8.04. The topological polar surface area (TPSA) is 65.2 Å². The maximum atomic E-state index is 12.3. The molecule has 0 aliphatic rings. The van der Waals surface area contributed by atoms with Crippen molar-refractivity contribution < 1.29 is 18.3 Å². The lowest BCUT2D eigenvalue weighted by Crippen LogP contribution is -2.07. The highest BCUT2D eigenvalue weighted by molar-refractivity contribution is 5.72. The fourth-order valence-corrected chi connectivity index (χ4v) is 1.06. The van der Waals surface area contributed by atoms with Gasteiger partial charge in [-0.25, -0.2) is 8.78 Å². The molecular formula is C9H10F2N2O2. The van der Waals surface area contributed by atoms with E-state index in [0.717, 1.165) is 0 Å². The first-order chi connectivity index (χ1) is 7.04. The van der Waals surface area contributed by atoms with Crippen molar-refractivity contribution in [3.05, 3.63) is 23.5 Å². The van der Waals surface area contributed by atoms with E-state index in [1.54, 1.807) is 0 Å². The number of anilines is 1. The highest BCUT2D eigenvalue weighted by Gasteiger charge is 2.14. The highest BCUT2D eigenvalue weighted by Crippen LogP contribution is 2.23. The van der Waals surface area contributed by atoms with Crippen LogP contribution in [0.15, 0.2) is 12.3 Å². The number of rotatable bonds is 3. The number of nitrogen functional groups attached to an aromatic ring is 1. The predicted molar refractivity (Wildman–Crippen MR) is 49.3 cm³/mol. The minimum atomic E-state index is -2.71. The summed E-state index contributed by atoms with van der Waals surface area (Å²) >= 11 is 0. The molecule has 0 atom stereocenters. The van der Waals surface area contributed by atoms with Crippen molar-refractivity contribution >= 4 is 11.7 Å². The second-order valence-electron chi connectivity index (χ2n) is 2.87. The van der Waals surface area contributed by atoms with Crippen molar-refractivity contribution in [2.75, 3.05) is 12.8 Å². The summed E-state index contributed by atoms with van der Waals surface area (Å²) in [7, 11) is 1.24. The SMILES string of the molecule is COC(=O)Cc1cnc(C(F)F)c(N)c1. The van der Waals surface area contributed by atoms with Crippen LogP contribution in [0.25, 0.3) is 0 Å². The van der Waals surface area contributed by atoms with Gasteiger partial charge in [0.2, 0.25) is 0 Å². The van der Waals surface area contributed by atoms with E-state index in [1.807, 2.05) is 0 Å². The molecule has 0 saturated carbocycles. The minimum Gasteiger partial charge on any atom is -0.469 e. The second-order valence-corrected chi connectivity index (χ2v) is 2.87. The summed E-state index contributed by atoms with van der Waals surface area (Å²) in [5.74, 6) is -0.471. The molecule has 15 heavy (non-hydrogen) atoms. The van der Waals surface area contributed by atoms with Crippen LogP contribution < -0.4 is 5.73 Å². The summed E-state index contributed by atoms with van der Waals surface area (Å²) in [6.45, 7) is 0. The maximum absolute atomic E-state index is 12.3. The van der Waals surface area contributed by atoms with Gasteiger partial charge in [-0.3, -0.25) is 9.78 Å². The van der Waals surface area contributed by atoms with E-state index in [4.69, 9.17) is 5.73 Å². The third-order valence-electron chi connectivity index (χ3n) is 1.79. The van der Waals surface area contributed by atoms with Gasteiger partial charge in [0.15, 0.2) is 0 Å². The van der Waals surface area contributed by atoms with Gasteiger partial charge in [-0.2, -0.15) is 0 Å². The number of hydrogen-bond donors (Lipinski definition) is 1. The molecule has 6 heteroatoms. The van der Waals surface area contributed by atoms with Crippen molar-refractivity contribution in [3.63, 3.8) is 0 Å². The smallest absolute Gasteiger partial charge is 0.310 e. The maximum Gasteiger partial charge on any atom is 0.310 e. The fraction of sp³-hybridized carbons (Fsp3) is 0.333. The number of ether oxygens (including phenoxy) is 1. The summed E-state index contributed by atoms with van der Waals surface area (Å²) in [6, 6.07) is 1.30. The van der Waals surface area contributed by atoms with Crippen LogP contribution in [0.4, 0.5) is 14.5 Å². The first-order valence-corrected chi connectivity index (χ1v) is 4.14. The first kappa shape index (κ1) is 11.4. The number of alkyl halides is 2. The molecule has 0 bridgehead atoms. The van der Waals surface area contributed by atoms with Crippen LogP contribution in [-0.4, -0.2) is 18.1 Å². The molecule has 0 aliphatic carbocycles. The highest BCUT2D eigenvalue weighted by atomic mass is 19.3. The van der Waals surface area contributed by atoms with Gasteiger partial charge < -0.3 is 10.5 Å². The monoisotopic (exact) mass is 216 g/mol. The fourth-order valence-electron chi connectivity index (χ4n) is 1.06.